The molecule has 35 heavy (non-hydrogen) atoms. The number of hydrogen-bond donors (Lipinski definition) is 1. The molecule has 0 saturated carbocycles. The Morgan fingerprint density at radius 3 is 2.74 bits per heavy atom. The van der Waals surface area contributed by atoms with Gasteiger partial charge in [0.1, 0.15) is 0 Å². The topological polar surface area (TPSA) is 120 Å². The van der Waals surface area contributed by atoms with Gasteiger partial charge < -0.3 is 10.5 Å². The summed E-state index contributed by atoms with van der Waals surface area (Å²) >= 11 is 0. The number of sulfonamides is 1. The molecule has 188 valence electrons. The first kappa shape index (κ1) is 24.9. The van der Waals surface area contributed by atoms with Crippen LogP contribution in [-0.4, -0.2) is 52.8 Å². The van der Waals surface area contributed by atoms with E-state index in [1.807, 2.05) is 0 Å². The normalized spacial score (nSPS) is 17.6. The number of nitrogens with zero attached hydrogens (tertiary/aromatic N) is 4. The zero-order valence-corrected chi connectivity index (χ0v) is 19.9. The number of benzene rings is 1. The van der Waals surface area contributed by atoms with Gasteiger partial charge in [0.05, 0.1) is 29.3 Å². The zero-order valence-electron chi connectivity index (χ0n) is 19.0. The number of ether oxygens (including phenoxy) is 1. The van der Waals surface area contributed by atoms with Crippen LogP contribution in [0.25, 0.3) is 16.9 Å². The van der Waals surface area contributed by atoms with Crippen molar-refractivity contribution in [2.24, 2.45) is 5.92 Å². The van der Waals surface area contributed by atoms with Crippen molar-refractivity contribution < 1.29 is 31.1 Å². The number of rotatable bonds is 5. The van der Waals surface area contributed by atoms with E-state index in [9.17, 15) is 26.4 Å². The highest BCUT2D eigenvalue weighted by Crippen LogP contribution is 2.33. The van der Waals surface area contributed by atoms with E-state index >= 15 is 0 Å². The summed E-state index contributed by atoms with van der Waals surface area (Å²) in [6.07, 6.45) is -1.59. The first-order valence-electron chi connectivity index (χ1n) is 10.9. The molecule has 4 rings (SSSR count). The lowest BCUT2D eigenvalue weighted by molar-refractivity contribution is -0.149. The maximum Gasteiger partial charge on any atom is 0.434 e. The number of fused-ring (bicyclic) bond motifs is 1. The van der Waals surface area contributed by atoms with Gasteiger partial charge in [0.15, 0.2) is 17.2 Å². The van der Waals surface area contributed by atoms with E-state index in [2.05, 4.69) is 9.97 Å². The van der Waals surface area contributed by atoms with Crippen LogP contribution in [0, 0.1) is 12.8 Å². The fourth-order valence-corrected chi connectivity index (χ4v) is 5.70. The fraction of sp³-hybridized carbons (Fsp3) is 0.409. The smallest absolute Gasteiger partial charge is 0.434 e. The van der Waals surface area contributed by atoms with Crippen LogP contribution in [0.2, 0.25) is 0 Å². The molecule has 3 heterocycles. The summed E-state index contributed by atoms with van der Waals surface area (Å²) in [4.78, 5) is 19.6. The van der Waals surface area contributed by atoms with Crippen LogP contribution < -0.4 is 5.73 Å². The van der Waals surface area contributed by atoms with E-state index in [1.54, 1.807) is 19.9 Å². The molecule has 1 aliphatic rings. The third-order valence-electron chi connectivity index (χ3n) is 5.94. The summed E-state index contributed by atoms with van der Waals surface area (Å²) in [5, 5.41) is 0. The van der Waals surface area contributed by atoms with Gasteiger partial charge in [-0.2, -0.15) is 17.5 Å². The molecule has 13 heteroatoms. The van der Waals surface area contributed by atoms with Crippen LogP contribution in [0.15, 0.2) is 35.5 Å². The van der Waals surface area contributed by atoms with Crippen LogP contribution in [0.4, 0.5) is 19.0 Å². The van der Waals surface area contributed by atoms with Crippen molar-refractivity contribution in [1.29, 1.82) is 0 Å². The first-order chi connectivity index (χ1) is 16.4. The summed E-state index contributed by atoms with van der Waals surface area (Å²) in [7, 11) is -3.99. The predicted molar refractivity (Wildman–Crippen MR) is 121 cm³/mol. The Morgan fingerprint density at radius 2 is 2.06 bits per heavy atom. The van der Waals surface area contributed by atoms with Crippen LogP contribution in [0.5, 0.6) is 0 Å². The van der Waals surface area contributed by atoms with Crippen molar-refractivity contribution in [3.63, 3.8) is 0 Å². The van der Waals surface area contributed by atoms with E-state index < -0.39 is 39.6 Å². The quantitative estimate of drug-likeness (QED) is 0.522. The SMILES string of the molecule is CCOC(=O)C1CCCN(S(=O)(=O)c2ccc(C)c(-c3cnc4c(N)nc(C(F)(F)F)cn34)c2)C1. The van der Waals surface area contributed by atoms with Gasteiger partial charge in [-0.1, -0.05) is 6.07 Å². The molecule has 0 aliphatic carbocycles. The number of piperidine rings is 1. The van der Waals surface area contributed by atoms with Crippen molar-refractivity contribution in [2.45, 2.75) is 37.8 Å². The molecule has 0 bridgehead atoms. The van der Waals surface area contributed by atoms with Gasteiger partial charge in [-0.05, 0) is 44.4 Å². The Hall–Kier alpha value is -3.19. The maximum absolute atomic E-state index is 13.4. The van der Waals surface area contributed by atoms with Crippen molar-refractivity contribution >= 4 is 27.5 Å². The monoisotopic (exact) mass is 511 g/mol. The number of aromatic nitrogens is 3. The number of nitrogens with two attached hydrogens (primary N) is 1. The van der Waals surface area contributed by atoms with Crippen LogP contribution in [-0.2, 0) is 25.7 Å². The highest BCUT2D eigenvalue weighted by molar-refractivity contribution is 7.89. The second-order valence-corrected chi connectivity index (χ2v) is 10.2. The first-order valence-corrected chi connectivity index (χ1v) is 12.4. The van der Waals surface area contributed by atoms with Crippen LogP contribution >= 0.6 is 0 Å². The van der Waals surface area contributed by atoms with Crippen molar-refractivity contribution in [1.82, 2.24) is 18.7 Å². The Morgan fingerprint density at radius 1 is 1.31 bits per heavy atom. The van der Waals surface area contributed by atoms with Crippen molar-refractivity contribution in [2.75, 3.05) is 25.4 Å². The van der Waals surface area contributed by atoms with Gasteiger partial charge in [0.2, 0.25) is 10.0 Å². The summed E-state index contributed by atoms with van der Waals surface area (Å²) in [6, 6.07) is 4.40. The Balaban J connectivity index is 1.75. The number of nitrogen functional groups attached to an aromatic ring is 1. The third kappa shape index (κ3) is 4.69. The van der Waals surface area contributed by atoms with Gasteiger partial charge >= 0.3 is 12.1 Å². The van der Waals surface area contributed by atoms with Crippen LogP contribution in [0.3, 0.4) is 0 Å². The van der Waals surface area contributed by atoms with Gasteiger partial charge in [-0.3, -0.25) is 9.20 Å². The molecule has 1 unspecified atom stereocenters. The molecule has 2 N–H and O–H groups in total. The number of anilines is 1. The molecular weight excluding hydrogens is 487 g/mol. The Kier molecular flexibility index (Phi) is 6.49. The average Bonchev–Trinajstić information content (AvgIpc) is 3.23. The molecule has 3 aromatic rings. The second-order valence-electron chi connectivity index (χ2n) is 8.28. The number of imidazole rings is 1. The lowest BCUT2D eigenvalue weighted by Crippen LogP contribution is -2.42. The van der Waals surface area contributed by atoms with E-state index in [0.717, 1.165) is 10.6 Å². The van der Waals surface area contributed by atoms with Gasteiger partial charge in [0, 0.05) is 24.8 Å². The molecule has 1 aliphatic heterocycles. The number of carbonyl (C=O) groups excluding carboxylic acids is 1. The highest BCUT2D eigenvalue weighted by atomic mass is 32.2. The fourth-order valence-electron chi connectivity index (χ4n) is 4.15. The summed E-state index contributed by atoms with van der Waals surface area (Å²) in [5.74, 6) is -1.39. The number of alkyl halides is 3. The average molecular weight is 512 g/mol. The minimum atomic E-state index is -4.73. The molecule has 0 spiro atoms. The largest absolute Gasteiger partial charge is 0.466 e. The molecule has 1 aromatic carbocycles. The van der Waals surface area contributed by atoms with E-state index in [-0.39, 0.29) is 35.9 Å². The lowest BCUT2D eigenvalue weighted by atomic mass is 10.0. The highest BCUT2D eigenvalue weighted by Gasteiger charge is 2.35. The number of esters is 1. The molecule has 0 amide bonds. The number of carbonyl (C=O) groups is 1. The number of halogens is 3. The lowest BCUT2D eigenvalue weighted by Gasteiger charge is -2.30. The molecule has 9 nitrogen and oxygen atoms in total. The van der Waals surface area contributed by atoms with Gasteiger partial charge in [-0.25, -0.2) is 18.4 Å². The minimum Gasteiger partial charge on any atom is -0.466 e. The third-order valence-corrected chi connectivity index (χ3v) is 7.80. The second kappa shape index (κ2) is 9.11. The maximum atomic E-state index is 13.4. The molecular formula is C22H24F3N5O4S. The van der Waals surface area contributed by atoms with Crippen LogP contribution in [0.1, 0.15) is 31.0 Å². The molecule has 2 aromatic heterocycles. The number of hydrogen-bond acceptors (Lipinski definition) is 7. The standard InChI is InChI=1S/C22H24F3N5O4S/c1-3-34-21(31)14-5-4-8-29(11-14)35(32,33)15-7-6-13(2)16(9-15)17-10-27-20-19(26)28-18(12-30(17)20)22(23,24)25/h6-7,9-10,12,14H,3-5,8,11H2,1-2H3,(H2,26,28). The van der Waals surface area contributed by atoms with E-state index in [1.165, 1.54) is 22.6 Å². The summed E-state index contributed by atoms with van der Waals surface area (Å²) in [6.45, 7) is 3.84. The molecule has 1 atom stereocenters. The van der Waals surface area contributed by atoms with Gasteiger partial charge in [0.25, 0.3) is 0 Å². The molecule has 1 saturated heterocycles. The predicted octanol–water partition coefficient (Wildman–Crippen LogP) is 3.27. The zero-order chi connectivity index (χ0) is 25.5. The van der Waals surface area contributed by atoms with E-state index in [4.69, 9.17) is 10.5 Å². The summed E-state index contributed by atoms with van der Waals surface area (Å²) < 4.78 is 74.2. The Labute approximate surface area is 199 Å². The van der Waals surface area contributed by atoms with Gasteiger partial charge in [-0.15, -0.1) is 0 Å². The Bertz CT molecular complexity index is 1390. The van der Waals surface area contributed by atoms with Crippen molar-refractivity contribution in [3.05, 3.63) is 41.9 Å². The minimum absolute atomic E-state index is 0.00284. The number of aryl methyl sites for hydroxylation is 1. The molecule has 0 radical (unpaired) electrons. The molecule has 1 fully saturated rings. The summed E-state index contributed by atoms with van der Waals surface area (Å²) in [5.41, 5.74) is 5.76. The van der Waals surface area contributed by atoms with E-state index in [0.29, 0.717) is 24.0 Å². The van der Waals surface area contributed by atoms with Crippen molar-refractivity contribution in [3.8, 4) is 11.3 Å².